The molecule has 0 aliphatic carbocycles. The SMILES string of the molecule is CN(C)C(=O)CCNC(=O)c1cc(Cl)ccc1I. The molecule has 0 aromatic heterocycles. The average molecular weight is 381 g/mol. The quantitative estimate of drug-likeness (QED) is 0.814. The highest BCUT2D eigenvalue weighted by Crippen LogP contribution is 2.17. The van der Waals surface area contributed by atoms with Gasteiger partial charge in [-0.1, -0.05) is 11.6 Å². The van der Waals surface area contributed by atoms with Crippen molar-refractivity contribution in [2.24, 2.45) is 0 Å². The summed E-state index contributed by atoms with van der Waals surface area (Å²) in [5.74, 6) is -0.232. The van der Waals surface area contributed by atoms with Gasteiger partial charge < -0.3 is 10.2 Å². The highest BCUT2D eigenvalue weighted by Gasteiger charge is 2.11. The Morgan fingerprint density at radius 3 is 2.67 bits per heavy atom. The number of carbonyl (C=O) groups is 2. The van der Waals surface area contributed by atoms with Crippen molar-refractivity contribution < 1.29 is 9.59 Å². The fourth-order valence-corrected chi connectivity index (χ4v) is 2.03. The predicted octanol–water partition coefficient (Wildman–Crippen LogP) is 2.15. The van der Waals surface area contributed by atoms with Gasteiger partial charge in [-0.3, -0.25) is 9.59 Å². The van der Waals surface area contributed by atoms with Crippen LogP contribution in [0.4, 0.5) is 0 Å². The normalized spacial score (nSPS) is 10.0. The summed E-state index contributed by atoms with van der Waals surface area (Å²) in [4.78, 5) is 24.7. The first-order chi connectivity index (χ1) is 8.41. The minimum absolute atomic E-state index is 0.0175. The zero-order valence-corrected chi connectivity index (χ0v) is 13.1. The summed E-state index contributed by atoms with van der Waals surface area (Å²) >= 11 is 7.92. The summed E-state index contributed by atoms with van der Waals surface area (Å²) in [7, 11) is 3.37. The third-order valence-electron chi connectivity index (χ3n) is 2.30. The lowest BCUT2D eigenvalue weighted by Crippen LogP contribution is -2.30. The second-order valence-corrected chi connectivity index (χ2v) is 5.52. The van der Waals surface area contributed by atoms with Gasteiger partial charge in [0.15, 0.2) is 0 Å². The van der Waals surface area contributed by atoms with E-state index in [4.69, 9.17) is 11.6 Å². The van der Waals surface area contributed by atoms with E-state index < -0.39 is 0 Å². The van der Waals surface area contributed by atoms with E-state index in [0.717, 1.165) is 3.57 Å². The first-order valence-corrected chi connectivity index (χ1v) is 6.81. The van der Waals surface area contributed by atoms with Gasteiger partial charge >= 0.3 is 0 Å². The van der Waals surface area contributed by atoms with Gasteiger partial charge in [0.25, 0.3) is 5.91 Å². The number of benzene rings is 1. The minimum atomic E-state index is -0.214. The van der Waals surface area contributed by atoms with Crippen molar-refractivity contribution in [3.63, 3.8) is 0 Å². The minimum Gasteiger partial charge on any atom is -0.351 e. The van der Waals surface area contributed by atoms with Crippen LogP contribution >= 0.6 is 34.2 Å². The second kappa shape index (κ2) is 6.94. The summed E-state index contributed by atoms with van der Waals surface area (Å²) in [5, 5.41) is 3.22. The van der Waals surface area contributed by atoms with Crippen LogP contribution in [-0.4, -0.2) is 37.4 Å². The van der Waals surface area contributed by atoms with Gasteiger partial charge in [-0.25, -0.2) is 0 Å². The Morgan fingerprint density at radius 1 is 1.39 bits per heavy atom. The molecule has 0 saturated heterocycles. The molecule has 18 heavy (non-hydrogen) atoms. The molecule has 1 rings (SSSR count). The van der Waals surface area contributed by atoms with Crippen LogP contribution in [0.25, 0.3) is 0 Å². The maximum Gasteiger partial charge on any atom is 0.252 e. The standard InChI is InChI=1S/C12H14ClIN2O2/c1-16(2)11(17)5-6-15-12(18)9-7-8(13)3-4-10(9)14/h3-4,7H,5-6H2,1-2H3,(H,15,18). The van der Waals surface area contributed by atoms with Crippen molar-refractivity contribution in [1.82, 2.24) is 10.2 Å². The number of amides is 2. The molecule has 98 valence electrons. The monoisotopic (exact) mass is 380 g/mol. The lowest BCUT2D eigenvalue weighted by Gasteiger charge is -2.11. The van der Waals surface area contributed by atoms with Crippen LogP contribution in [-0.2, 0) is 4.79 Å². The smallest absolute Gasteiger partial charge is 0.252 e. The van der Waals surface area contributed by atoms with Gasteiger partial charge in [-0.05, 0) is 40.8 Å². The van der Waals surface area contributed by atoms with Crippen LogP contribution in [0.3, 0.4) is 0 Å². The number of hydrogen-bond donors (Lipinski definition) is 1. The Labute approximate surface area is 125 Å². The maximum atomic E-state index is 11.9. The van der Waals surface area contributed by atoms with E-state index in [1.165, 1.54) is 4.90 Å². The molecule has 1 N–H and O–H groups in total. The summed E-state index contributed by atoms with van der Waals surface area (Å²) in [6.45, 7) is 0.318. The third-order valence-corrected chi connectivity index (χ3v) is 3.47. The number of halogens is 2. The van der Waals surface area contributed by atoms with E-state index >= 15 is 0 Å². The lowest BCUT2D eigenvalue weighted by molar-refractivity contribution is -0.128. The van der Waals surface area contributed by atoms with Crippen molar-refractivity contribution >= 4 is 46.0 Å². The van der Waals surface area contributed by atoms with E-state index in [1.807, 2.05) is 0 Å². The van der Waals surface area contributed by atoms with Gasteiger partial charge in [0.2, 0.25) is 5.91 Å². The zero-order valence-electron chi connectivity index (χ0n) is 10.2. The maximum absolute atomic E-state index is 11.9. The molecule has 0 heterocycles. The molecule has 0 atom stereocenters. The van der Waals surface area contributed by atoms with E-state index in [9.17, 15) is 9.59 Å². The van der Waals surface area contributed by atoms with Crippen molar-refractivity contribution in [3.8, 4) is 0 Å². The molecule has 0 saturated carbocycles. The van der Waals surface area contributed by atoms with E-state index in [2.05, 4.69) is 27.9 Å². The van der Waals surface area contributed by atoms with Gasteiger partial charge in [-0.15, -0.1) is 0 Å². The fraction of sp³-hybridized carbons (Fsp3) is 0.333. The van der Waals surface area contributed by atoms with Crippen LogP contribution in [0.2, 0.25) is 5.02 Å². The molecule has 0 aliphatic rings. The molecule has 0 spiro atoms. The van der Waals surface area contributed by atoms with Crippen LogP contribution in [0.15, 0.2) is 18.2 Å². The Kier molecular flexibility index (Phi) is 5.87. The number of nitrogens with one attached hydrogen (secondary N) is 1. The molecular weight excluding hydrogens is 367 g/mol. The summed E-state index contributed by atoms with van der Waals surface area (Å²) in [6, 6.07) is 5.13. The van der Waals surface area contributed by atoms with Crippen molar-refractivity contribution in [3.05, 3.63) is 32.4 Å². The van der Waals surface area contributed by atoms with Crippen LogP contribution < -0.4 is 5.32 Å². The molecule has 0 bridgehead atoms. The second-order valence-electron chi connectivity index (χ2n) is 3.92. The van der Waals surface area contributed by atoms with Crippen LogP contribution in [0.1, 0.15) is 16.8 Å². The summed E-state index contributed by atoms with van der Waals surface area (Å²) < 4.78 is 0.827. The first kappa shape index (κ1) is 15.2. The predicted molar refractivity (Wildman–Crippen MR) is 79.8 cm³/mol. The molecule has 1 aromatic rings. The van der Waals surface area contributed by atoms with Crippen molar-refractivity contribution in [1.29, 1.82) is 0 Å². The number of carbonyl (C=O) groups excluding carboxylic acids is 2. The van der Waals surface area contributed by atoms with Crippen LogP contribution in [0, 0.1) is 3.57 Å². The van der Waals surface area contributed by atoms with E-state index in [1.54, 1.807) is 32.3 Å². The summed E-state index contributed by atoms with van der Waals surface area (Å²) in [6.07, 6.45) is 0.288. The fourth-order valence-electron chi connectivity index (χ4n) is 1.27. The molecular formula is C12H14ClIN2O2. The molecule has 0 fully saturated rings. The topological polar surface area (TPSA) is 49.4 Å². The Bertz CT molecular complexity index is 463. The van der Waals surface area contributed by atoms with Crippen LogP contribution in [0.5, 0.6) is 0 Å². The van der Waals surface area contributed by atoms with Gasteiger partial charge in [0, 0.05) is 35.7 Å². The number of rotatable bonds is 4. The summed E-state index contributed by atoms with van der Waals surface area (Å²) in [5.41, 5.74) is 0.528. The highest BCUT2D eigenvalue weighted by molar-refractivity contribution is 14.1. The molecule has 1 aromatic carbocycles. The van der Waals surface area contributed by atoms with Crippen molar-refractivity contribution in [2.75, 3.05) is 20.6 Å². The molecule has 0 radical (unpaired) electrons. The Hall–Kier alpha value is -0.820. The lowest BCUT2D eigenvalue weighted by atomic mass is 10.2. The van der Waals surface area contributed by atoms with Gasteiger partial charge in [0.05, 0.1) is 5.56 Å². The molecule has 6 heteroatoms. The van der Waals surface area contributed by atoms with Gasteiger partial charge in [0.1, 0.15) is 0 Å². The number of nitrogens with zero attached hydrogens (tertiary/aromatic N) is 1. The molecule has 0 aliphatic heterocycles. The highest BCUT2D eigenvalue weighted by atomic mass is 127. The molecule has 2 amide bonds. The largest absolute Gasteiger partial charge is 0.351 e. The third kappa shape index (κ3) is 4.45. The first-order valence-electron chi connectivity index (χ1n) is 5.35. The number of hydrogen-bond acceptors (Lipinski definition) is 2. The molecule has 4 nitrogen and oxygen atoms in total. The molecule has 0 unspecified atom stereocenters. The van der Waals surface area contributed by atoms with E-state index in [0.29, 0.717) is 17.1 Å². The van der Waals surface area contributed by atoms with Crippen molar-refractivity contribution in [2.45, 2.75) is 6.42 Å². The Balaban J connectivity index is 2.56. The van der Waals surface area contributed by atoms with Gasteiger partial charge in [-0.2, -0.15) is 0 Å². The average Bonchev–Trinajstić information content (AvgIpc) is 2.31. The van der Waals surface area contributed by atoms with E-state index in [-0.39, 0.29) is 18.2 Å². The zero-order chi connectivity index (χ0) is 13.7. The Morgan fingerprint density at radius 2 is 2.06 bits per heavy atom.